The highest BCUT2D eigenvalue weighted by Crippen LogP contribution is 2.29. The number of rotatable bonds is 7. The summed E-state index contributed by atoms with van der Waals surface area (Å²) in [4.78, 5) is 21.3. The Bertz CT molecular complexity index is 753. The molecule has 124 valence electrons. The number of nitrogens with one attached hydrogen (secondary N) is 2. The quantitative estimate of drug-likeness (QED) is 0.588. The maximum atomic E-state index is 12.7. The van der Waals surface area contributed by atoms with E-state index in [1.807, 2.05) is 38.3 Å². The van der Waals surface area contributed by atoms with E-state index < -0.39 is 0 Å². The number of aliphatic imine (C=N–C) groups is 1. The lowest BCUT2D eigenvalue weighted by molar-refractivity contribution is 0.102. The summed E-state index contributed by atoms with van der Waals surface area (Å²) in [6, 6.07) is 9.19. The van der Waals surface area contributed by atoms with Gasteiger partial charge in [0.25, 0.3) is 5.91 Å². The van der Waals surface area contributed by atoms with Gasteiger partial charge < -0.3 is 10.6 Å². The third-order valence-electron chi connectivity index (χ3n) is 3.36. The maximum Gasteiger partial charge on any atom is 0.259 e. The van der Waals surface area contributed by atoms with E-state index in [2.05, 4.69) is 27.2 Å². The number of carbonyl (C=O) groups excluding carboxylic acids is 1. The molecule has 2 rings (SSSR count). The predicted octanol–water partition coefficient (Wildman–Crippen LogP) is 4.35. The fourth-order valence-electron chi connectivity index (χ4n) is 2.20. The zero-order chi connectivity index (χ0) is 17.4. The first-order valence-corrected chi connectivity index (χ1v) is 7.90. The van der Waals surface area contributed by atoms with Crippen LogP contribution in [0.15, 0.2) is 54.2 Å². The van der Waals surface area contributed by atoms with Crippen molar-refractivity contribution in [3.63, 3.8) is 0 Å². The molecule has 2 N–H and O–H groups in total. The van der Waals surface area contributed by atoms with Crippen molar-refractivity contribution in [2.45, 2.75) is 20.3 Å². The summed E-state index contributed by atoms with van der Waals surface area (Å²) in [7, 11) is 0. The number of carbonyl (C=O) groups is 1. The van der Waals surface area contributed by atoms with Crippen LogP contribution in [-0.2, 0) is 0 Å². The van der Waals surface area contributed by atoms with E-state index in [1.54, 1.807) is 24.4 Å². The van der Waals surface area contributed by atoms with Crippen molar-refractivity contribution in [1.29, 1.82) is 0 Å². The number of nitrogens with zero attached hydrogens (tertiary/aromatic N) is 2. The van der Waals surface area contributed by atoms with Gasteiger partial charge in [-0.1, -0.05) is 25.1 Å². The van der Waals surface area contributed by atoms with Crippen LogP contribution in [0.4, 0.5) is 17.2 Å². The first-order valence-electron chi connectivity index (χ1n) is 7.90. The highest BCUT2D eigenvalue weighted by atomic mass is 16.1. The second-order valence-electron chi connectivity index (χ2n) is 5.21. The molecule has 0 saturated heterocycles. The smallest absolute Gasteiger partial charge is 0.259 e. The van der Waals surface area contributed by atoms with Crippen molar-refractivity contribution in [2.24, 2.45) is 4.99 Å². The number of benzene rings is 1. The lowest BCUT2D eigenvalue weighted by Gasteiger charge is -2.12. The highest BCUT2D eigenvalue weighted by molar-refractivity contribution is 6.08. The summed E-state index contributed by atoms with van der Waals surface area (Å²) in [5.41, 5.74) is 2.94. The Labute approximate surface area is 142 Å². The van der Waals surface area contributed by atoms with Gasteiger partial charge in [-0.3, -0.25) is 9.79 Å². The Morgan fingerprint density at radius 1 is 1.33 bits per heavy atom. The Balaban J connectivity index is 2.29. The van der Waals surface area contributed by atoms with E-state index >= 15 is 0 Å². The first-order chi connectivity index (χ1) is 11.7. The highest BCUT2D eigenvalue weighted by Gasteiger charge is 2.14. The molecule has 5 heteroatoms. The minimum absolute atomic E-state index is 0.229. The first kappa shape index (κ1) is 17.4. The summed E-state index contributed by atoms with van der Waals surface area (Å²) < 4.78 is 0. The molecule has 0 unspecified atom stereocenters. The zero-order valence-corrected chi connectivity index (χ0v) is 14.0. The summed E-state index contributed by atoms with van der Waals surface area (Å²) in [6.07, 6.45) is 6.03. The lowest BCUT2D eigenvalue weighted by Crippen LogP contribution is -2.16. The molecule has 24 heavy (non-hydrogen) atoms. The van der Waals surface area contributed by atoms with Crippen molar-refractivity contribution in [2.75, 3.05) is 17.2 Å². The number of hydrogen-bond donors (Lipinski definition) is 2. The molecule has 1 amide bonds. The largest absolute Gasteiger partial charge is 0.366 e. The molecule has 5 nitrogen and oxygen atoms in total. The number of aryl methyl sites for hydroxylation is 1. The molecule has 0 atom stereocenters. The van der Waals surface area contributed by atoms with Crippen LogP contribution in [0.5, 0.6) is 0 Å². The lowest BCUT2D eigenvalue weighted by atomic mass is 10.1. The van der Waals surface area contributed by atoms with E-state index in [0.717, 1.165) is 17.7 Å². The maximum absolute atomic E-state index is 12.7. The molecule has 0 fully saturated rings. The molecule has 0 bridgehead atoms. The number of hydrogen-bond acceptors (Lipinski definition) is 4. The molecule has 1 aromatic carbocycles. The molecule has 0 aliphatic carbocycles. The molecule has 0 aliphatic heterocycles. The van der Waals surface area contributed by atoms with Crippen LogP contribution >= 0.6 is 0 Å². The molecule has 0 spiro atoms. The topological polar surface area (TPSA) is 66.4 Å². The third kappa shape index (κ3) is 4.29. The number of amides is 1. The van der Waals surface area contributed by atoms with Crippen LogP contribution in [0.3, 0.4) is 0 Å². The SMILES string of the molecule is C=CCNc1ncccc1C(=O)Nc1cccc(C)c1N=CCC. The van der Waals surface area contributed by atoms with Crippen LogP contribution in [0.1, 0.15) is 29.3 Å². The van der Waals surface area contributed by atoms with Gasteiger partial charge in [0.05, 0.1) is 16.9 Å². The Kier molecular flexibility index (Phi) is 6.25. The van der Waals surface area contributed by atoms with Crippen LogP contribution in [0.25, 0.3) is 0 Å². The molecule has 0 saturated carbocycles. The van der Waals surface area contributed by atoms with Crippen molar-refractivity contribution < 1.29 is 4.79 Å². The second-order valence-corrected chi connectivity index (χ2v) is 5.21. The Morgan fingerprint density at radius 2 is 2.17 bits per heavy atom. The molecule has 2 aromatic rings. The summed E-state index contributed by atoms with van der Waals surface area (Å²) in [5, 5.41) is 6.01. The van der Waals surface area contributed by atoms with Gasteiger partial charge in [0.2, 0.25) is 0 Å². The van der Waals surface area contributed by atoms with Gasteiger partial charge in [0.1, 0.15) is 5.82 Å². The normalized spacial score (nSPS) is 10.6. The summed E-state index contributed by atoms with van der Waals surface area (Å²) >= 11 is 0. The monoisotopic (exact) mass is 322 g/mol. The average molecular weight is 322 g/mol. The zero-order valence-electron chi connectivity index (χ0n) is 14.0. The number of anilines is 2. The van der Waals surface area contributed by atoms with Gasteiger partial charge in [0.15, 0.2) is 0 Å². The number of aromatic nitrogens is 1. The van der Waals surface area contributed by atoms with E-state index in [9.17, 15) is 4.79 Å². The number of pyridine rings is 1. The van der Waals surface area contributed by atoms with Crippen molar-refractivity contribution >= 4 is 29.3 Å². The van der Waals surface area contributed by atoms with Crippen LogP contribution in [0.2, 0.25) is 0 Å². The van der Waals surface area contributed by atoms with Crippen molar-refractivity contribution in [3.05, 3.63) is 60.3 Å². The van der Waals surface area contributed by atoms with Crippen LogP contribution in [-0.4, -0.2) is 23.7 Å². The van der Waals surface area contributed by atoms with Gasteiger partial charge in [-0.25, -0.2) is 4.98 Å². The third-order valence-corrected chi connectivity index (χ3v) is 3.36. The van der Waals surface area contributed by atoms with E-state index in [0.29, 0.717) is 23.6 Å². The van der Waals surface area contributed by atoms with E-state index in [-0.39, 0.29) is 5.91 Å². The van der Waals surface area contributed by atoms with E-state index in [1.165, 1.54) is 0 Å². The fourth-order valence-corrected chi connectivity index (χ4v) is 2.20. The Morgan fingerprint density at radius 3 is 2.92 bits per heavy atom. The summed E-state index contributed by atoms with van der Waals surface area (Å²) in [6.45, 7) is 8.19. The molecule has 0 radical (unpaired) electrons. The van der Waals surface area contributed by atoms with Gasteiger partial charge in [-0.2, -0.15) is 0 Å². The molecular formula is C19H22N4O. The average Bonchev–Trinajstić information content (AvgIpc) is 2.59. The number of para-hydroxylation sites is 1. The predicted molar refractivity (Wildman–Crippen MR) is 100 cm³/mol. The van der Waals surface area contributed by atoms with Gasteiger partial charge >= 0.3 is 0 Å². The van der Waals surface area contributed by atoms with Gasteiger partial charge in [-0.15, -0.1) is 6.58 Å². The minimum atomic E-state index is -0.229. The van der Waals surface area contributed by atoms with Gasteiger partial charge in [-0.05, 0) is 37.1 Å². The second kappa shape index (κ2) is 8.62. The minimum Gasteiger partial charge on any atom is -0.366 e. The van der Waals surface area contributed by atoms with Crippen LogP contribution < -0.4 is 10.6 Å². The summed E-state index contributed by atoms with van der Waals surface area (Å²) in [5.74, 6) is 0.300. The molecular weight excluding hydrogens is 300 g/mol. The van der Waals surface area contributed by atoms with Crippen LogP contribution in [0, 0.1) is 6.92 Å². The van der Waals surface area contributed by atoms with Crippen molar-refractivity contribution in [3.8, 4) is 0 Å². The molecule has 1 aromatic heterocycles. The van der Waals surface area contributed by atoms with E-state index in [4.69, 9.17) is 0 Å². The molecule has 1 heterocycles. The fraction of sp³-hybridized carbons (Fsp3) is 0.211. The Hall–Kier alpha value is -2.95. The van der Waals surface area contributed by atoms with Gasteiger partial charge in [0, 0.05) is 19.0 Å². The standard InChI is InChI=1S/C19H22N4O/c1-4-11-20-17-14(3)8-6-10-16(17)23-19(24)15-9-7-13-22-18(15)21-12-5-2/h5-11,13H,2,4,12H2,1,3H3,(H,21,22)(H,23,24). The van der Waals surface area contributed by atoms with Crippen molar-refractivity contribution in [1.82, 2.24) is 4.98 Å². The molecule has 0 aliphatic rings.